The van der Waals surface area contributed by atoms with Crippen LogP contribution in [0.4, 0.5) is 0 Å². The summed E-state index contributed by atoms with van der Waals surface area (Å²) < 4.78 is 11.1. The van der Waals surface area contributed by atoms with Crippen LogP contribution in [-0.4, -0.2) is 16.2 Å². The van der Waals surface area contributed by atoms with Gasteiger partial charge in [-0.25, -0.2) is 0 Å². The highest BCUT2D eigenvalue weighted by molar-refractivity contribution is 5.37. The molecule has 0 aliphatic heterocycles. The molecule has 1 heterocycles. The zero-order chi connectivity index (χ0) is 14.8. The highest BCUT2D eigenvalue weighted by Crippen LogP contribution is 2.38. The van der Waals surface area contributed by atoms with Gasteiger partial charge in [-0.2, -0.15) is 4.98 Å². The Morgan fingerprint density at radius 2 is 2.24 bits per heavy atom. The lowest BCUT2D eigenvalue weighted by Gasteiger charge is -2.13. The van der Waals surface area contributed by atoms with E-state index in [4.69, 9.17) is 15.0 Å². The Labute approximate surface area is 124 Å². The summed E-state index contributed by atoms with van der Waals surface area (Å²) in [6.07, 6.45) is 3.09. The minimum absolute atomic E-state index is 0.0980. The largest absolute Gasteiger partial charge is 0.485 e. The highest BCUT2D eigenvalue weighted by atomic mass is 16.5. The second-order valence-corrected chi connectivity index (χ2v) is 5.90. The molecule has 1 unspecified atom stereocenters. The number of ether oxygens (including phenoxy) is 1. The Bertz CT molecular complexity index is 618. The number of rotatable bonds is 6. The summed E-state index contributed by atoms with van der Waals surface area (Å²) in [7, 11) is 0. The van der Waals surface area contributed by atoms with Crippen LogP contribution < -0.4 is 10.5 Å². The number of hydrogen-bond donors (Lipinski definition) is 1. The highest BCUT2D eigenvalue weighted by Gasteiger charge is 2.29. The van der Waals surface area contributed by atoms with Gasteiger partial charge in [0, 0.05) is 12.0 Å². The van der Waals surface area contributed by atoms with Crippen molar-refractivity contribution in [1.29, 1.82) is 0 Å². The van der Waals surface area contributed by atoms with Gasteiger partial charge in [0.2, 0.25) is 11.7 Å². The monoisotopic (exact) mass is 287 g/mol. The van der Waals surface area contributed by atoms with Gasteiger partial charge >= 0.3 is 0 Å². The van der Waals surface area contributed by atoms with Gasteiger partial charge in [-0.15, -0.1) is 0 Å². The summed E-state index contributed by atoms with van der Waals surface area (Å²) in [5, 5.41) is 3.96. The van der Waals surface area contributed by atoms with E-state index in [0.717, 1.165) is 36.5 Å². The third-order valence-corrected chi connectivity index (χ3v) is 3.53. The number of nitrogens with two attached hydrogens (primary N) is 1. The molecule has 2 aromatic rings. The molecule has 5 nitrogen and oxygen atoms in total. The van der Waals surface area contributed by atoms with E-state index in [-0.39, 0.29) is 6.04 Å². The van der Waals surface area contributed by atoms with E-state index < -0.39 is 0 Å². The molecule has 1 aromatic carbocycles. The van der Waals surface area contributed by atoms with Crippen molar-refractivity contribution in [2.75, 3.05) is 0 Å². The molecule has 21 heavy (non-hydrogen) atoms. The topological polar surface area (TPSA) is 74.2 Å². The van der Waals surface area contributed by atoms with Crippen LogP contribution in [0.1, 0.15) is 48.5 Å². The molecule has 1 fully saturated rings. The Kier molecular flexibility index (Phi) is 3.92. The van der Waals surface area contributed by atoms with Gasteiger partial charge in [0.05, 0.1) is 0 Å². The van der Waals surface area contributed by atoms with Crippen molar-refractivity contribution in [1.82, 2.24) is 10.1 Å². The van der Waals surface area contributed by atoms with Crippen molar-refractivity contribution >= 4 is 0 Å². The summed E-state index contributed by atoms with van der Waals surface area (Å²) in [6.45, 7) is 4.38. The van der Waals surface area contributed by atoms with E-state index in [1.54, 1.807) is 0 Å². The van der Waals surface area contributed by atoms with Gasteiger partial charge in [0.15, 0.2) is 6.61 Å². The summed E-state index contributed by atoms with van der Waals surface area (Å²) in [4.78, 5) is 4.37. The van der Waals surface area contributed by atoms with Crippen LogP contribution in [0, 0.1) is 6.92 Å². The zero-order valence-electron chi connectivity index (χ0n) is 12.5. The standard InChI is InChI=1S/C16H21N3O2/c1-10-3-6-14(13(7-10)8-11(2)17)20-9-15-18-16(21-19-15)12-4-5-12/h3,6-7,11-12H,4-5,8-9,17H2,1-2H3. The predicted molar refractivity (Wildman–Crippen MR) is 79.1 cm³/mol. The lowest BCUT2D eigenvalue weighted by molar-refractivity contribution is 0.282. The molecule has 0 amide bonds. The van der Waals surface area contributed by atoms with Crippen LogP contribution in [0.25, 0.3) is 0 Å². The molecule has 0 bridgehead atoms. The number of hydrogen-bond acceptors (Lipinski definition) is 5. The molecular formula is C16H21N3O2. The molecule has 1 aliphatic carbocycles. The summed E-state index contributed by atoms with van der Waals surface area (Å²) >= 11 is 0. The first kappa shape index (κ1) is 14.1. The predicted octanol–water partition coefficient (Wildman–Crippen LogP) is 2.72. The second-order valence-electron chi connectivity index (χ2n) is 5.90. The molecule has 1 aromatic heterocycles. The SMILES string of the molecule is Cc1ccc(OCc2noc(C3CC3)n2)c(CC(C)N)c1. The van der Waals surface area contributed by atoms with Crippen LogP contribution in [-0.2, 0) is 13.0 Å². The Hall–Kier alpha value is -1.88. The molecule has 1 atom stereocenters. The first-order chi connectivity index (χ1) is 10.1. The third kappa shape index (κ3) is 3.61. The van der Waals surface area contributed by atoms with E-state index >= 15 is 0 Å². The fraction of sp³-hybridized carbons (Fsp3) is 0.500. The Morgan fingerprint density at radius 3 is 2.95 bits per heavy atom. The van der Waals surface area contributed by atoms with Crippen molar-refractivity contribution in [2.24, 2.45) is 5.73 Å². The van der Waals surface area contributed by atoms with E-state index in [1.807, 2.05) is 19.1 Å². The van der Waals surface area contributed by atoms with Gasteiger partial charge in [-0.1, -0.05) is 22.9 Å². The number of benzene rings is 1. The number of aryl methyl sites for hydroxylation is 1. The van der Waals surface area contributed by atoms with Crippen LogP contribution in [0.3, 0.4) is 0 Å². The van der Waals surface area contributed by atoms with Gasteiger partial charge < -0.3 is 15.0 Å². The number of nitrogens with zero attached hydrogens (tertiary/aromatic N) is 2. The molecule has 0 saturated heterocycles. The second kappa shape index (κ2) is 5.85. The molecule has 1 aliphatic rings. The van der Waals surface area contributed by atoms with Crippen molar-refractivity contribution < 1.29 is 9.26 Å². The van der Waals surface area contributed by atoms with Crippen molar-refractivity contribution in [3.05, 3.63) is 41.0 Å². The van der Waals surface area contributed by atoms with Crippen LogP contribution in [0.15, 0.2) is 22.7 Å². The average molecular weight is 287 g/mol. The van der Waals surface area contributed by atoms with E-state index in [9.17, 15) is 0 Å². The van der Waals surface area contributed by atoms with Crippen molar-refractivity contribution in [3.63, 3.8) is 0 Å². The summed E-state index contributed by atoms with van der Waals surface area (Å²) in [5.74, 6) is 2.66. The maximum absolute atomic E-state index is 5.90. The molecule has 1 saturated carbocycles. The molecule has 2 N–H and O–H groups in total. The van der Waals surface area contributed by atoms with Crippen LogP contribution in [0.5, 0.6) is 5.75 Å². The maximum atomic E-state index is 5.90. The minimum atomic E-state index is 0.0980. The first-order valence-corrected chi connectivity index (χ1v) is 7.42. The van der Waals surface area contributed by atoms with Crippen molar-refractivity contribution in [2.45, 2.75) is 51.7 Å². The van der Waals surface area contributed by atoms with Crippen LogP contribution >= 0.6 is 0 Å². The normalized spacial score (nSPS) is 16.0. The quantitative estimate of drug-likeness (QED) is 0.884. The fourth-order valence-electron chi connectivity index (χ4n) is 2.32. The zero-order valence-corrected chi connectivity index (χ0v) is 12.5. The fourth-order valence-corrected chi connectivity index (χ4v) is 2.32. The van der Waals surface area contributed by atoms with Crippen molar-refractivity contribution in [3.8, 4) is 5.75 Å². The lowest BCUT2D eigenvalue weighted by Crippen LogP contribution is -2.18. The van der Waals surface area contributed by atoms with Crippen LogP contribution in [0.2, 0.25) is 0 Å². The molecular weight excluding hydrogens is 266 g/mol. The average Bonchev–Trinajstić information content (AvgIpc) is 3.17. The maximum Gasteiger partial charge on any atom is 0.229 e. The van der Waals surface area contributed by atoms with Gasteiger partial charge in [-0.05, 0) is 44.7 Å². The summed E-state index contributed by atoms with van der Waals surface area (Å²) in [6, 6.07) is 6.23. The minimum Gasteiger partial charge on any atom is -0.485 e. The van der Waals surface area contributed by atoms with Gasteiger partial charge in [0.1, 0.15) is 5.75 Å². The van der Waals surface area contributed by atoms with Gasteiger partial charge in [-0.3, -0.25) is 0 Å². The smallest absolute Gasteiger partial charge is 0.229 e. The van der Waals surface area contributed by atoms with E-state index in [2.05, 4.69) is 23.1 Å². The van der Waals surface area contributed by atoms with Gasteiger partial charge in [0.25, 0.3) is 0 Å². The first-order valence-electron chi connectivity index (χ1n) is 7.42. The van der Waals surface area contributed by atoms with E-state index in [1.165, 1.54) is 5.56 Å². The molecule has 3 rings (SSSR count). The molecule has 112 valence electrons. The Balaban J connectivity index is 1.68. The van der Waals surface area contributed by atoms with E-state index in [0.29, 0.717) is 18.3 Å². The molecule has 0 radical (unpaired) electrons. The molecule has 5 heteroatoms. The number of aromatic nitrogens is 2. The third-order valence-electron chi connectivity index (χ3n) is 3.53. The molecule has 0 spiro atoms. The lowest BCUT2D eigenvalue weighted by atomic mass is 10.0. The Morgan fingerprint density at radius 1 is 1.43 bits per heavy atom. The summed E-state index contributed by atoms with van der Waals surface area (Å²) in [5.41, 5.74) is 8.22.